The fraction of sp³-hybridized carbons (Fsp3) is 0.312. The SMILES string of the molecule is COc1c(C)[nH]cc(CN(C)Cc2ccccc2)c1=O. The summed E-state index contributed by atoms with van der Waals surface area (Å²) < 4.78 is 5.15. The third-order valence-corrected chi connectivity index (χ3v) is 3.24. The van der Waals surface area contributed by atoms with E-state index in [4.69, 9.17) is 4.74 Å². The molecule has 106 valence electrons. The van der Waals surface area contributed by atoms with Crippen LogP contribution in [0.2, 0.25) is 0 Å². The minimum atomic E-state index is -0.0383. The van der Waals surface area contributed by atoms with E-state index in [1.165, 1.54) is 12.7 Å². The molecule has 0 saturated heterocycles. The molecule has 0 unspecified atom stereocenters. The number of nitrogens with zero attached hydrogens (tertiary/aromatic N) is 1. The van der Waals surface area contributed by atoms with E-state index in [-0.39, 0.29) is 5.43 Å². The number of aromatic nitrogens is 1. The topological polar surface area (TPSA) is 45.3 Å². The minimum Gasteiger partial charge on any atom is -0.491 e. The van der Waals surface area contributed by atoms with Crippen LogP contribution in [-0.2, 0) is 13.1 Å². The largest absolute Gasteiger partial charge is 0.491 e. The van der Waals surface area contributed by atoms with Crippen molar-refractivity contribution in [1.82, 2.24) is 9.88 Å². The Labute approximate surface area is 119 Å². The van der Waals surface area contributed by atoms with Crippen molar-refractivity contribution in [3.8, 4) is 5.75 Å². The van der Waals surface area contributed by atoms with Crippen molar-refractivity contribution < 1.29 is 4.74 Å². The first-order valence-corrected chi connectivity index (χ1v) is 6.59. The standard InChI is InChI=1S/C16H20N2O2/c1-12-16(20-3)15(19)14(9-17-12)11-18(2)10-13-7-5-4-6-8-13/h4-9H,10-11H2,1-3H3,(H,17,19). The zero-order chi connectivity index (χ0) is 14.5. The predicted molar refractivity (Wildman–Crippen MR) is 80.0 cm³/mol. The summed E-state index contributed by atoms with van der Waals surface area (Å²) in [4.78, 5) is 17.4. The molecule has 0 spiro atoms. The van der Waals surface area contributed by atoms with Gasteiger partial charge in [-0.3, -0.25) is 9.69 Å². The summed E-state index contributed by atoms with van der Waals surface area (Å²) in [5.74, 6) is 0.399. The van der Waals surface area contributed by atoms with Gasteiger partial charge in [-0.05, 0) is 19.5 Å². The predicted octanol–water partition coefficient (Wildman–Crippen LogP) is 2.32. The Balaban J connectivity index is 2.12. The Morgan fingerprint density at radius 2 is 1.90 bits per heavy atom. The quantitative estimate of drug-likeness (QED) is 0.908. The highest BCUT2D eigenvalue weighted by molar-refractivity contribution is 5.30. The highest BCUT2D eigenvalue weighted by Gasteiger charge is 2.11. The molecule has 4 nitrogen and oxygen atoms in total. The molecule has 1 N–H and O–H groups in total. The van der Waals surface area contributed by atoms with Crippen LogP contribution in [0, 0.1) is 6.92 Å². The van der Waals surface area contributed by atoms with E-state index in [0.29, 0.717) is 17.9 Å². The average molecular weight is 272 g/mol. The molecule has 0 aliphatic heterocycles. The van der Waals surface area contributed by atoms with Crippen molar-refractivity contribution in [2.75, 3.05) is 14.2 Å². The summed E-state index contributed by atoms with van der Waals surface area (Å²) in [6.07, 6.45) is 1.77. The van der Waals surface area contributed by atoms with Crippen molar-refractivity contribution in [3.05, 3.63) is 63.6 Å². The van der Waals surface area contributed by atoms with E-state index in [2.05, 4.69) is 22.0 Å². The number of aromatic amines is 1. The number of pyridine rings is 1. The molecule has 1 aromatic heterocycles. The van der Waals surface area contributed by atoms with Gasteiger partial charge in [0.05, 0.1) is 12.8 Å². The van der Waals surface area contributed by atoms with Gasteiger partial charge in [-0.1, -0.05) is 30.3 Å². The first-order valence-electron chi connectivity index (χ1n) is 6.59. The molecular formula is C16H20N2O2. The first-order chi connectivity index (χ1) is 9.61. The van der Waals surface area contributed by atoms with Crippen molar-refractivity contribution in [2.24, 2.45) is 0 Å². The number of methoxy groups -OCH3 is 1. The lowest BCUT2D eigenvalue weighted by molar-refractivity contribution is 0.316. The van der Waals surface area contributed by atoms with Gasteiger partial charge in [0.2, 0.25) is 5.43 Å². The Kier molecular flexibility index (Phi) is 4.58. The Bertz CT molecular complexity index is 620. The highest BCUT2D eigenvalue weighted by Crippen LogP contribution is 2.11. The second-order valence-corrected chi connectivity index (χ2v) is 4.96. The number of H-pyrrole nitrogens is 1. The second-order valence-electron chi connectivity index (χ2n) is 4.96. The Hall–Kier alpha value is -2.07. The normalized spacial score (nSPS) is 10.8. The van der Waals surface area contributed by atoms with Gasteiger partial charge in [-0.2, -0.15) is 0 Å². The molecular weight excluding hydrogens is 252 g/mol. The van der Waals surface area contributed by atoms with E-state index >= 15 is 0 Å². The lowest BCUT2D eigenvalue weighted by Gasteiger charge is -2.17. The van der Waals surface area contributed by atoms with Gasteiger partial charge in [0.15, 0.2) is 5.75 Å². The fourth-order valence-corrected chi connectivity index (χ4v) is 2.25. The highest BCUT2D eigenvalue weighted by atomic mass is 16.5. The van der Waals surface area contributed by atoms with Crippen molar-refractivity contribution >= 4 is 0 Å². The van der Waals surface area contributed by atoms with Crippen LogP contribution >= 0.6 is 0 Å². The summed E-state index contributed by atoms with van der Waals surface area (Å²) in [5, 5.41) is 0. The van der Waals surface area contributed by atoms with Gasteiger partial charge < -0.3 is 9.72 Å². The molecule has 2 aromatic rings. The summed E-state index contributed by atoms with van der Waals surface area (Å²) in [7, 11) is 3.52. The zero-order valence-corrected chi connectivity index (χ0v) is 12.1. The van der Waals surface area contributed by atoms with Crippen molar-refractivity contribution in [1.29, 1.82) is 0 Å². The smallest absolute Gasteiger partial charge is 0.228 e. The molecule has 0 bridgehead atoms. The number of rotatable bonds is 5. The molecule has 1 aromatic carbocycles. The number of benzene rings is 1. The molecule has 0 atom stereocenters. The molecule has 0 aliphatic carbocycles. The Morgan fingerprint density at radius 1 is 1.20 bits per heavy atom. The molecule has 0 amide bonds. The van der Waals surface area contributed by atoms with E-state index in [0.717, 1.165) is 12.2 Å². The molecule has 0 saturated carbocycles. The number of nitrogens with one attached hydrogen (secondary N) is 1. The van der Waals surface area contributed by atoms with Crippen molar-refractivity contribution in [3.63, 3.8) is 0 Å². The summed E-state index contributed by atoms with van der Waals surface area (Å²) in [5.41, 5.74) is 2.66. The van der Waals surface area contributed by atoms with Crippen LogP contribution in [0.4, 0.5) is 0 Å². The maximum Gasteiger partial charge on any atom is 0.228 e. The van der Waals surface area contributed by atoms with Crippen molar-refractivity contribution in [2.45, 2.75) is 20.0 Å². The molecule has 0 fully saturated rings. The van der Waals surface area contributed by atoms with Crippen LogP contribution in [0.25, 0.3) is 0 Å². The minimum absolute atomic E-state index is 0.0383. The van der Waals surface area contributed by atoms with Gasteiger partial charge in [0.25, 0.3) is 0 Å². The second kappa shape index (κ2) is 6.39. The maximum absolute atomic E-state index is 12.2. The van der Waals surface area contributed by atoms with E-state index in [9.17, 15) is 4.79 Å². The monoisotopic (exact) mass is 272 g/mol. The van der Waals surface area contributed by atoms with Crippen LogP contribution in [-0.4, -0.2) is 24.0 Å². The summed E-state index contributed by atoms with van der Waals surface area (Å²) in [6.45, 7) is 3.22. The van der Waals surface area contributed by atoms with Gasteiger partial charge in [-0.25, -0.2) is 0 Å². The van der Waals surface area contributed by atoms with Gasteiger partial charge in [-0.15, -0.1) is 0 Å². The molecule has 2 rings (SSSR count). The third kappa shape index (κ3) is 3.27. The third-order valence-electron chi connectivity index (χ3n) is 3.24. The molecule has 1 heterocycles. The average Bonchev–Trinajstić information content (AvgIpc) is 2.44. The summed E-state index contributed by atoms with van der Waals surface area (Å²) in [6, 6.07) is 10.2. The molecule has 4 heteroatoms. The maximum atomic E-state index is 12.2. The molecule has 0 aliphatic rings. The fourth-order valence-electron chi connectivity index (χ4n) is 2.25. The van der Waals surface area contributed by atoms with E-state index in [1.54, 1.807) is 6.20 Å². The van der Waals surface area contributed by atoms with Crippen LogP contribution in [0.15, 0.2) is 41.3 Å². The number of ether oxygens (including phenoxy) is 1. The number of aryl methyl sites for hydroxylation is 1. The Morgan fingerprint density at radius 3 is 2.55 bits per heavy atom. The van der Waals surface area contributed by atoms with Gasteiger partial charge >= 0.3 is 0 Å². The van der Waals surface area contributed by atoms with E-state index in [1.807, 2.05) is 32.2 Å². The van der Waals surface area contributed by atoms with Crippen LogP contribution in [0.1, 0.15) is 16.8 Å². The van der Waals surface area contributed by atoms with Gasteiger partial charge in [0, 0.05) is 24.8 Å². The number of hydrogen-bond acceptors (Lipinski definition) is 3. The lowest BCUT2D eigenvalue weighted by Crippen LogP contribution is -2.23. The van der Waals surface area contributed by atoms with Crippen LogP contribution < -0.4 is 10.2 Å². The van der Waals surface area contributed by atoms with Crippen LogP contribution in [0.5, 0.6) is 5.75 Å². The lowest BCUT2D eigenvalue weighted by atomic mass is 10.2. The summed E-state index contributed by atoms with van der Waals surface area (Å²) >= 11 is 0. The molecule has 20 heavy (non-hydrogen) atoms. The first kappa shape index (κ1) is 14.3. The van der Waals surface area contributed by atoms with Gasteiger partial charge in [0.1, 0.15) is 0 Å². The van der Waals surface area contributed by atoms with E-state index < -0.39 is 0 Å². The number of hydrogen-bond donors (Lipinski definition) is 1. The molecule has 0 radical (unpaired) electrons. The zero-order valence-electron chi connectivity index (χ0n) is 12.1. The van der Waals surface area contributed by atoms with Crippen LogP contribution in [0.3, 0.4) is 0 Å².